The highest BCUT2D eigenvalue weighted by molar-refractivity contribution is 4.60. The van der Waals surface area contributed by atoms with Crippen LogP contribution in [0.5, 0.6) is 0 Å². The Balaban J connectivity index is 2.10. The molecule has 1 aliphatic heterocycles. The first-order valence-corrected chi connectivity index (χ1v) is 6.81. The summed E-state index contributed by atoms with van der Waals surface area (Å²) in [4.78, 5) is 0. The van der Waals surface area contributed by atoms with Crippen LogP contribution in [0.1, 0.15) is 51.9 Å². The summed E-state index contributed by atoms with van der Waals surface area (Å²) >= 11 is 0. The van der Waals surface area contributed by atoms with Gasteiger partial charge < -0.3 is 10.6 Å². The van der Waals surface area contributed by atoms with E-state index < -0.39 is 0 Å². The average Bonchev–Trinajstić information content (AvgIpc) is 2.24. The molecule has 0 aromatic rings. The molecule has 1 saturated heterocycles. The number of hydrogen-bond donors (Lipinski definition) is 2. The van der Waals surface area contributed by atoms with E-state index in [0.29, 0.717) is 0 Å². The second-order valence-electron chi connectivity index (χ2n) is 4.97. The first-order chi connectivity index (χ1) is 7.39. The average molecular weight is 212 g/mol. The van der Waals surface area contributed by atoms with Gasteiger partial charge in [-0.15, -0.1) is 0 Å². The normalized spacial score (nSPS) is 28.2. The first-order valence-electron chi connectivity index (χ1n) is 6.81. The third kappa shape index (κ3) is 7.80. The lowest BCUT2D eigenvalue weighted by Gasteiger charge is -2.13. The van der Waals surface area contributed by atoms with Crippen molar-refractivity contribution in [2.24, 2.45) is 5.92 Å². The summed E-state index contributed by atoms with van der Waals surface area (Å²) in [5.74, 6) is 0.862. The van der Waals surface area contributed by atoms with Gasteiger partial charge in [-0.05, 0) is 51.4 Å². The molecule has 0 aromatic heterocycles. The third-order valence-electron chi connectivity index (χ3n) is 3.25. The van der Waals surface area contributed by atoms with Crippen LogP contribution in [-0.4, -0.2) is 26.2 Å². The summed E-state index contributed by atoms with van der Waals surface area (Å²) in [6.45, 7) is 7.16. The molecule has 0 saturated carbocycles. The molecule has 1 heterocycles. The van der Waals surface area contributed by atoms with Crippen LogP contribution in [0, 0.1) is 5.92 Å². The second-order valence-corrected chi connectivity index (χ2v) is 4.97. The molecule has 1 aliphatic rings. The summed E-state index contributed by atoms with van der Waals surface area (Å²) < 4.78 is 0. The maximum atomic E-state index is 3.55. The molecular formula is C13H28N2. The zero-order chi connectivity index (χ0) is 10.8. The molecule has 0 spiro atoms. The fourth-order valence-electron chi connectivity index (χ4n) is 2.19. The third-order valence-corrected chi connectivity index (χ3v) is 3.25. The van der Waals surface area contributed by atoms with Crippen molar-refractivity contribution in [2.45, 2.75) is 51.9 Å². The maximum absolute atomic E-state index is 3.55. The number of nitrogens with one attached hydrogen (secondary N) is 2. The minimum absolute atomic E-state index is 0.862. The molecule has 0 unspecified atom stereocenters. The van der Waals surface area contributed by atoms with Gasteiger partial charge >= 0.3 is 0 Å². The molecule has 0 radical (unpaired) electrons. The van der Waals surface area contributed by atoms with Crippen LogP contribution in [0.15, 0.2) is 0 Å². The summed E-state index contributed by atoms with van der Waals surface area (Å²) in [6, 6.07) is 0. The van der Waals surface area contributed by atoms with Crippen LogP contribution >= 0.6 is 0 Å². The van der Waals surface area contributed by atoms with Gasteiger partial charge in [-0.2, -0.15) is 0 Å². The van der Waals surface area contributed by atoms with Crippen LogP contribution in [0.2, 0.25) is 0 Å². The fraction of sp³-hybridized carbons (Fsp3) is 1.00. The van der Waals surface area contributed by atoms with E-state index in [0.717, 1.165) is 5.92 Å². The predicted octanol–water partition coefficient (Wildman–Crippen LogP) is 2.55. The summed E-state index contributed by atoms with van der Waals surface area (Å²) in [5, 5.41) is 7.06. The van der Waals surface area contributed by atoms with Crippen LogP contribution in [-0.2, 0) is 0 Å². The smallest absolute Gasteiger partial charge is 0.00231 e. The highest BCUT2D eigenvalue weighted by atomic mass is 14.9. The van der Waals surface area contributed by atoms with Crippen molar-refractivity contribution in [2.75, 3.05) is 26.2 Å². The van der Waals surface area contributed by atoms with E-state index in [1.54, 1.807) is 0 Å². The van der Waals surface area contributed by atoms with E-state index in [2.05, 4.69) is 17.6 Å². The second kappa shape index (κ2) is 9.17. The van der Waals surface area contributed by atoms with E-state index in [1.807, 2.05) is 0 Å². The van der Waals surface area contributed by atoms with Crippen molar-refractivity contribution < 1.29 is 0 Å². The standard InChI is InChI=1S/C13H28N2/c1-13-8-5-3-2-4-6-9-14-10-7-11-15-12-13/h13-15H,2-12H2,1H3/t13-/m0/s1. The highest BCUT2D eigenvalue weighted by Gasteiger charge is 2.01. The molecule has 1 atom stereocenters. The molecule has 1 fully saturated rings. The van der Waals surface area contributed by atoms with Crippen molar-refractivity contribution in [3.8, 4) is 0 Å². The van der Waals surface area contributed by atoms with E-state index in [9.17, 15) is 0 Å². The van der Waals surface area contributed by atoms with Crippen molar-refractivity contribution in [3.05, 3.63) is 0 Å². The molecule has 2 N–H and O–H groups in total. The minimum atomic E-state index is 0.862. The molecule has 0 amide bonds. The quantitative estimate of drug-likeness (QED) is 0.645. The van der Waals surface area contributed by atoms with Gasteiger partial charge in [0.25, 0.3) is 0 Å². The Hall–Kier alpha value is -0.0800. The molecule has 2 nitrogen and oxygen atoms in total. The topological polar surface area (TPSA) is 24.1 Å². The predicted molar refractivity (Wildman–Crippen MR) is 67.2 cm³/mol. The Kier molecular flexibility index (Phi) is 7.94. The Labute approximate surface area is 95.2 Å². The highest BCUT2D eigenvalue weighted by Crippen LogP contribution is 2.10. The summed E-state index contributed by atoms with van der Waals surface area (Å²) in [6.07, 6.45) is 9.75. The maximum Gasteiger partial charge on any atom is -0.00231 e. The van der Waals surface area contributed by atoms with Crippen molar-refractivity contribution in [1.29, 1.82) is 0 Å². The largest absolute Gasteiger partial charge is 0.317 e. The Morgan fingerprint density at radius 1 is 0.733 bits per heavy atom. The zero-order valence-electron chi connectivity index (χ0n) is 10.4. The Morgan fingerprint density at radius 2 is 1.40 bits per heavy atom. The molecule has 15 heavy (non-hydrogen) atoms. The monoisotopic (exact) mass is 212 g/mol. The van der Waals surface area contributed by atoms with Crippen molar-refractivity contribution in [3.63, 3.8) is 0 Å². The zero-order valence-corrected chi connectivity index (χ0v) is 10.4. The van der Waals surface area contributed by atoms with E-state index in [1.165, 1.54) is 71.1 Å². The van der Waals surface area contributed by atoms with Gasteiger partial charge in [0, 0.05) is 0 Å². The molecule has 0 bridgehead atoms. The van der Waals surface area contributed by atoms with Crippen molar-refractivity contribution >= 4 is 0 Å². The van der Waals surface area contributed by atoms with Crippen LogP contribution in [0.4, 0.5) is 0 Å². The van der Waals surface area contributed by atoms with Gasteiger partial charge in [-0.3, -0.25) is 0 Å². The Bertz CT molecular complexity index is 122. The van der Waals surface area contributed by atoms with Crippen LogP contribution in [0.25, 0.3) is 0 Å². The summed E-state index contributed by atoms with van der Waals surface area (Å²) in [7, 11) is 0. The lowest BCUT2D eigenvalue weighted by molar-refractivity contribution is 0.440. The SMILES string of the molecule is C[C@H]1CCCCCCCNCCCNC1. The van der Waals surface area contributed by atoms with Gasteiger partial charge in [0.1, 0.15) is 0 Å². The lowest BCUT2D eigenvalue weighted by atomic mass is 10.0. The molecule has 90 valence electrons. The van der Waals surface area contributed by atoms with Gasteiger partial charge in [0.15, 0.2) is 0 Å². The first kappa shape index (κ1) is 13.0. The van der Waals surface area contributed by atoms with Gasteiger partial charge in [0.2, 0.25) is 0 Å². The lowest BCUT2D eigenvalue weighted by Crippen LogP contribution is -2.26. The molecule has 1 rings (SSSR count). The molecule has 2 heteroatoms. The fourth-order valence-corrected chi connectivity index (χ4v) is 2.19. The van der Waals surface area contributed by atoms with Crippen LogP contribution in [0.3, 0.4) is 0 Å². The molecule has 0 aromatic carbocycles. The van der Waals surface area contributed by atoms with E-state index in [-0.39, 0.29) is 0 Å². The summed E-state index contributed by atoms with van der Waals surface area (Å²) in [5.41, 5.74) is 0. The molecular weight excluding hydrogens is 184 g/mol. The Morgan fingerprint density at radius 3 is 2.33 bits per heavy atom. The number of rotatable bonds is 0. The van der Waals surface area contributed by atoms with Gasteiger partial charge in [0.05, 0.1) is 0 Å². The van der Waals surface area contributed by atoms with E-state index >= 15 is 0 Å². The van der Waals surface area contributed by atoms with Gasteiger partial charge in [-0.1, -0.05) is 32.6 Å². The van der Waals surface area contributed by atoms with E-state index in [4.69, 9.17) is 0 Å². The van der Waals surface area contributed by atoms with Crippen molar-refractivity contribution in [1.82, 2.24) is 10.6 Å². The molecule has 0 aliphatic carbocycles. The van der Waals surface area contributed by atoms with Crippen LogP contribution < -0.4 is 10.6 Å². The minimum Gasteiger partial charge on any atom is -0.317 e. The number of hydrogen-bond acceptors (Lipinski definition) is 2. The van der Waals surface area contributed by atoms with Gasteiger partial charge in [-0.25, -0.2) is 0 Å².